The number of aliphatic carboxylic acids is 1. The van der Waals surface area contributed by atoms with Gasteiger partial charge in [0.1, 0.15) is 67.1 Å². The number of ether oxygens (including phenoxy) is 7. The van der Waals surface area contributed by atoms with Crippen molar-refractivity contribution >= 4 is 17.7 Å². The van der Waals surface area contributed by atoms with Crippen molar-refractivity contribution in [2.75, 3.05) is 26.4 Å². The fourth-order valence-electron chi connectivity index (χ4n) is 16.7. The first-order chi connectivity index (χ1) is 37.9. The summed E-state index contributed by atoms with van der Waals surface area (Å²) in [5.41, 5.74) is -4.47. The van der Waals surface area contributed by atoms with Crippen LogP contribution in [0.2, 0.25) is 0 Å². The summed E-state index contributed by atoms with van der Waals surface area (Å²) in [6.45, 7) is 16.1. The van der Waals surface area contributed by atoms with Crippen molar-refractivity contribution in [2.24, 2.45) is 56.2 Å². The molecule has 27 atom stereocenters. The van der Waals surface area contributed by atoms with E-state index >= 15 is 0 Å². The van der Waals surface area contributed by atoms with Crippen LogP contribution in [0, 0.1) is 56.2 Å². The zero-order chi connectivity index (χ0) is 60.0. The van der Waals surface area contributed by atoms with E-state index in [2.05, 4.69) is 19.9 Å². The van der Waals surface area contributed by atoms with Crippen molar-refractivity contribution < 1.29 is 114 Å². The van der Waals surface area contributed by atoms with Gasteiger partial charge in [-0.3, -0.25) is 4.79 Å². The molecule has 5 aliphatic carbocycles. The molecule has 23 heteroatoms. The fraction of sp³-hybridized carbons (Fsp3) is 0.845. The fourth-order valence-corrected chi connectivity index (χ4v) is 16.7. The second kappa shape index (κ2) is 23.4. The van der Waals surface area contributed by atoms with Crippen LogP contribution in [0.1, 0.15) is 114 Å². The maximum atomic E-state index is 13.9. The molecule has 3 saturated heterocycles. The van der Waals surface area contributed by atoms with Gasteiger partial charge in [-0.05, 0) is 106 Å². The molecule has 8 rings (SSSR count). The Hall–Kier alpha value is -2.89. The first-order valence-electron chi connectivity index (χ1n) is 28.6. The van der Waals surface area contributed by atoms with Gasteiger partial charge in [-0.1, -0.05) is 65.3 Å². The lowest BCUT2D eigenvalue weighted by molar-refractivity contribution is -0.387. The van der Waals surface area contributed by atoms with E-state index in [0.29, 0.717) is 43.3 Å². The monoisotopic (exact) mass is 1150 g/mol. The number of aliphatic hydroxyl groups excluding tert-OH is 12. The molecule has 8 aliphatic rings. The zero-order valence-corrected chi connectivity index (χ0v) is 48.1. The number of hydrogen-bond acceptors (Lipinski definition) is 22. The standard InChI is InChI=1S/C58H90O23/c1-11-25(3)30(63)19-28-47(81-49(74)26(4)12-2)58(24-62)29(20-53(28,5)6)27-13-14-34-54(7)17-16-35(55(8,23-61)33(54)15-18-56(34,9)57(27,10)45(70)46(58)71)77-52-44(80-51-40(68)38(66)36(64)31(21-59)75-51)42(41(69)43(79-52)48(72)73)78-50-39(67)37(65)32(22-60)76-50/h11-13,28-29,31-47,50-52,59-62,64-71H,14-24H2,1-10H3,(H,72,73)/t28-,29?,31?,32?,33?,34?,35-,36+,37?,38+,39?,40?,41-,42+,43?,44?,45-,46+,47-,50?,51-,52+,54-,55+,56+,57-,58-/m0/s1. The predicted octanol–water partition coefficient (Wildman–Crippen LogP) is -0.101. The molecule has 460 valence electrons. The van der Waals surface area contributed by atoms with E-state index in [9.17, 15) is 80.8 Å². The van der Waals surface area contributed by atoms with Crippen LogP contribution in [0.5, 0.6) is 0 Å². The molecule has 0 radical (unpaired) electrons. The lowest BCUT2D eigenvalue weighted by atomic mass is 9.32. The molecule has 0 aromatic heterocycles. The number of aliphatic hydroxyl groups is 12. The molecule has 11 unspecified atom stereocenters. The number of carbonyl (C=O) groups excluding carboxylic acids is 2. The largest absolute Gasteiger partial charge is 0.479 e. The van der Waals surface area contributed by atoms with Crippen LogP contribution in [0.4, 0.5) is 0 Å². The molecule has 7 fully saturated rings. The normalized spacial score (nSPS) is 49.8. The van der Waals surface area contributed by atoms with E-state index in [1.54, 1.807) is 39.8 Å². The van der Waals surface area contributed by atoms with Gasteiger partial charge in [-0.2, -0.15) is 0 Å². The maximum Gasteiger partial charge on any atom is 0.335 e. The third-order valence-corrected chi connectivity index (χ3v) is 22.1. The summed E-state index contributed by atoms with van der Waals surface area (Å²) in [5.74, 6) is -4.45. The molecule has 3 aliphatic heterocycles. The lowest BCUT2D eigenvalue weighted by Crippen LogP contribution is -2.75. The summed E-state index contributed by atoms with van der Waals surface area (Å²) in [7, 11) is 0. The minimum Gasteiger partial charge on any atom is -0.479 e. The van der Waals surface area contributed by atoms with E-state index in [1.165, 1.54) is 0 Å². The van der Waals surface area contributed by atoms with Crippen molar-refractivity contribution in [3.63, 3.8) is 0 Å². The van der Waals surface area contributed by atoms with Crippen LogP contribution >= 0.6 is 0 Å². The van der Waals surface area contributed by atoms with Crippen molar-refractivity contribution in [3.05, 3.63) is 34.9 Å². The third kappa shape index (κ3) is 10.0. The Kier molecular flexibility index (Phi) is 18.5. The number of carbonyl (C=O) groups is 3. The summed E-state index contributed by atoms with van der Waals surface area (Å²) < 4.78 is 42.8. The second-order valence-corrected chi connectivity index (χ2v) is 26.3. The summed E-state index contributed by atoms with van der Waals surface area (Å²) >= 11 is 0. The molecule has 4 saturated carbocycles. The van der Waals surface area contributed by atoms with Crippen LogP contribution in [0.3, 0.4) is 0 Å². The Bertz CT molecular complexity index is 2410. The number of rotatable bonds is 16. The van der Waals surface area contributed by atoms with Gasteiger partial charge in [0.05, 0.1) is 50.2 Å². The molecule has 13 N–H and O–H groups in total. The predicted molar refractivity (Wildman–Crippen MR) is 281 cm³/mol. The van der Waals surface area contributed by atoms with E-state index < -0.39 is 193 Å². The van der Waals surface area contributed by atoms with Crippen molar-refractivity contribution in [1.82, 2.24) is 0 Å². The molecule has 3 heterocycles. The summed E-state index contributed by atoms with van der Waals surface area (Å²) in [6.07, 6.45) is -23.7. The summed E-state index contributed by atoms with van der Waals surface area (Å²) in [6, 6.07) is 0. The minimum absolute atomic E-state index is 0.0386. The van der Waals surface area contributed by atoms with E-state index in [4.69, 9.17) is 33.2 Å². The molecule has 0 amide bonds. The second-order valence-electron chi connectivity index (χ2n) is 26.3. The number of carboxylic acid groups (broad SMARTS) is 1. The molecule has 0 aromatic carbocycles. The Morgan fingerprint density at radius 2 is 1.25 bits per heavy atom. The molecule has 0 spiro atoms. The number of ketones is 1. The van der Waals surface area contributed by atoms with Crippen molar-refractivity contribution in [3.8, 4) is 0 Å². The first kappa shape index (κ1) is 64.1. The molecular formula is C58H90O23. The summed E-state index contributed by atoms with van der Waals surface area (Å²) in [4.78, 5) is 40.6. The van der Waals surface area contributed by atoms with Gasteiger partial charge in [0.2, 0.25) is 0 Å². The van der Waals surface area contributed by atoms with Gasteiger partial charge < -0.3 is 99.5 Å². The van der Waals surface area contributed by atoms with Gasteiger partial charge in [0, 0.05) is 28.7 Å². The van der Waals surface area contributed by atoms with Gasteiger partial charge in [-0.15, -0.1) is 0 Å². The number of fused-ring (bicyclic) bond motifs is 7. The highest BCUT2D eigenvalue weighted by Crippen LogP contribution is 2.76. The highest BCUT2D eigenvalue weighted by molar-refractivity contribution is 5.95. The third-order valence-electron chi connectivity index (χ3n) is 22.1. The Balaban J connectivity index is 1.15. The average molecular weight is 1160 g/mol. The summed E-state index contributed by atoms with van der Waals surface area (Å²) in [5, 5.41) is 146. The SMILES string of the molecule is CC=C(C)C(=O)C[C@H]1[C@H](OC(=O)C(C)=CC)[C@@]2(CO)C(CC1(C)C)C1=CCC3[C@@]4(C)CC[C@H](O[C@@H]5OC(C(=O)O)[C@@H](O)[C@@H](OC6OC(CO)C(O)C6O)C5O[C@@H]5OC(CO)[C@@H](O)[C@@H](O)C5O)[C@](C)(CO)C4CC[C@@]3(C)[C@]1(C)[C@@H](O)[C@H]2O. The van der Waals surface area contributed by atoms with E-state index in [-0.39, 0.29) is 30.5 Å². The van der Waals surface area contributed by atoms with Crippen LogP contribution < -0.4 is 0 Å². The number of Topliss-reactive ketones (excluding diaryl/α,β-unsaturated/α-hetero) is 1. The van der Waals surface area contributed by atoms with Gasteiger partial charge >= 0.3 is 11.9 Å². The smallest absolute Gasteiger partial charge is 0.335 e. The van der Waals surface area contributed by atoms with Crippen LogP contribution in [-0.2, 0) is 47.5 Å². The topological polar surface area (TPSA) is 379 Å². The number of esters is 1. The zero-order valence-electron chi connectivity index (χ0n) is 48.1. The molecule has 0 bridgehead atoms. The molecular weight excluding hydrogens is 1060 g/mol. The van der Waals surface area contributed by atoms with Crippen molar-refractivity contribution in [1.29, 1.82) is 0 Å². The van der Waals surface area contributed by atoms with Crippen LogP contribution in [0.25, 0.3) is 0 Å². The van der Waals surface area contributed by atoms with E-state index in [1.807, 2.05) is 27.7 Å². The minimum atomic E-state index is -2.17. The number of carboxylic acids is 1. The Labute approximate surface area is 472 Å². The Morgan fingerprint density at radius 1 is 0.667 bits per heavy atom. The van der Waals surface area contributed by atoms with Crippen LogP contribution in [0.15, 0.2) is 34.9 Å². The highest BCUT2D eigenvalue weighted by Gasteiger charge is 2.76. The van der Waals surface area contributed by atoms with E-state index in [0.717, 1.165) is 5.57 Å². The Morgan fingerprint density at radius 3 is 1.80 bits per heavy atom. The highest BCUT2D eigenvalue weighted by atomic mass is 16.8. The first-order valence-corrected chi connectivity index (χ1v) is 28.6. The van der Waals surface area contributed by atoms with Gasteiger partial charge in [0.25, 0.3) is 0 Å². The van der Waals surface area contributed by atoms with Gasteiger partial charge in [0.15, 0.2) is 30.8 Å². The molecule has 23 nitrogen and oxygen atoms in total. The maximum absolute atomic E-state index is 13.9. The average Bonchev–Trinajstić information content (AvgIpc) is 1.99. The number of allylic oxidation sites excluding steroid dienone is 4. The van der Waals surface area contributed by atoms with Gasteiger partial charge in [-0.25, -0.2) is 9.59 Å². The quantitative estimate of drug-likeness (QED) is 0.0415. The molecule has 81 heavy (non-hydrogen) atoms. The van der Waals surface area contributed by atoms with Crippen molar-refractivity contribution in [2.45, 2.75) is 225 Å². The number of hydrogen-bond donors (Lipinski definition) is 13. The lowest BCUT2D eigenvalue weighted by Gasteiger charge is -2.73. The van der Waals surface area contributed by atoms with Crippen LogP contribution in [-0.4, -0.2) is 221 Å². The molecule has 0 aromatic rings.